The molecule has 10 nitrogen and oxygen atoms in total. The van der Waals surface area contributed by atoms with E-state index in [0.29, 0.717) is 23.9 Å². The summed E-state index contributed by atoms with van der Waals surface area (Å²) in [6, 6.07) is 0.442. The van der Waals surface area contributed by atoms with E-state index in [9.17, 15) is 0 Å². The van der Waals surface area contributed by atoms with Crippen molar-refractivity contribution in [2.45, 2.75) is 38.1 Å². The smallest absolute Gasteiger partial charge is 0.245 e. The quantitative estimate of drug-likeness (QED) is 0.618. The van der Waals surface area contributed by atoms with Gasteiger partial charge in [-0.25, -0.2) is 14.6 Å². The molecule has 2 aliphatic rings. The van der Waals surface area contributed by atoms with Gasteiger partial charge in [-0.3, -0.25) is 4.90 Å². The molecule has 0 radical (unpaired) electrons. The number of piperidine rings is 1. The van der Waals surface area contributed by atoms with Crippen LogP contribution < -0.4 is 10.2 Å². The van der Waals surface area contributed by atoms with Crippen molar-refractivity contribution in [3.05, 3.63) is 0 Å². The summed E-state index contributed by atoms with van der Waals surface area (Å²) in [6.07, 6.45) is 5.59. The number of fused-ring (bicyclic) bond motifs is 1. The van der Waals surface area contributed by atoms with E-state index in [2.05, 4.69) is 30.4 Å². The van der Waals surface area contributed by atoms with E-state index in [-0.39, 0.29) is 0 Å². The Labute approximate surface area is 170 Å². The van der Waals surface area contributed by atoms with Gasteiger partial charge in [-0.05, 0) is 42.4 Å². The molecular formula is C19H31N7O3. The van der Waals surface area contributed by atoms with Crippen LogP contribution in [0.3, 0.4) is 0 Å². The van der Waals surface area contributed by atoms with Gasteiger partial charge in [0.2, 0.25) is 11.3 Å². The van der Waals surface area contributed by atoms with Crippen molar-refractivity contribution < 1.29 is 14.1 Å². The Balaban J connectivity index is 1.50. The Bertz CT molecular complexity index is 765. The number of nitrogens with zero attached hydrogens (tertiary/aromatic N) is 6. The summed E-state index contributed by atoms with van der Waals surface area (Å²) >= 11 is 0. The Morgan fingerprint density at radius 3 is 2.76 bits per heavy atom. The fourth-order valence-corrected chi connectivity index (χ4v) is 4.11. The van der Waals surface area contributed by atoms with Gasteiger partial charge in [0.1, 0.15) is 0 Å². The molecule has 29 heavy (non-hydrogen) atoms. The highest BCUT2D eigenvalue weighted by Crippen LogP contribution is 2.31. The zero-order valence-corrected chi connectivity index (χ0v) is 17.2. The SMILES string of the molecule is COCCCNc1nc2nonc2nc1N1CCCC[C@@H]1CCN1CCOCC1. The largest absolute Gasteiger partial charge is 0.385 e. The molecule has 2 fully saturated rings. The van der Waals surface area contributed by atoms with Crippen LogP contribution in [0.25, 0.3) is 11.3 Å². The Kier molecular flexibility index (Phi) is 7.07. The number of nitrogens with one attached hydrogen (secondary N) is 1. The minimum Gasteiger partial charge on any atom is -0.385 e. The van der Waals surface area contributed by atoms with Gasteiger partial charge < -0.3 is 19.7 Å². The van der Waals surface area contributed by atoms with Crippen LogP contribution in [0.4, 0.5) is 11.6 Å². The first-order chi connectivity index (χ1) is 14.3. The van der Waals surface area contributed by atoms with E-state index in [4.69, 9.17) is 19.1 Å². The van der Waals surface area contributed by atoms with Crippen molar-refractivity contribution in [1.29, 1.82) is 0 Å². The zero-order valence-electron chi connectivity index (χ0n) is 17.2. The summed E-state index contributed by atoms with van der Waals surface area (Å²) in [4.78, 5) is 14.3. The highest BCUT2D eigenvalue weighted by atomic mass is 16.6. The summed E-state index contributed by atoms with van der Waals surface area (Å²) in [6.45, 7) is 7.25. The second-order valence-corrected chi connectivity index (χ2v) is 7.67. The van der Waals surface area contributed by atoms with Gasteiger partial charge in [0.15, 0.2) is 11.6 Å². The van der Waals surface area contributed by atoms with Crippen molar-refractivity contribution >= 4 is 22.9 Å². The molecule has 160 valence electrons. The maximum atomic E-state index is 5.48. The number of aromatic nitrogens is 4. The number of hydrogen-bond acceptors (Lipinski definition) is 10. The molecule has 1 atom stereocenters. The maximum absolute atomic E-state index is 5.48. The van der Waals surface area contributed by atoms with E-state index >= 15 is 0 Å². The number of anilines is 2. The fourth-order valence-electron chi connectivity index (χ4n) is 4.11. The highest BCUT2D eigenvalue weighted by Gasteiger charge is 2.28. The van der Waals surface area contributed by atoms with Crippen LogP contribution in [0.2, 0.25) is 0 Å². The summed E-state index contributed by atoms with van der Waals surface area (Å²) in [7, 11) is 1.71. The molecule has 0 unspecified atom stereocenters. The van der Waals surface area contributed by atoms with E-state index < -0.39 is 0 Å². The van der Waals surface area contributed by atoms with Crippen LogP contribution in [-0.4, -0.2) is 90.9 Å². The molecule has 2 saturated heterocycles. The molecule has 2 aromatic rings. The lowest BCUT2D eigenvalue weighted by molar-refractivity contribution is 0.0362. The van der Waals surface area contributed by atoms with Gasteiger partial charge in [0.05, 0.1) is 13.2 Å². The fraction of sp³-hybridized carbons (Fsp3) is 0.789. The second kappa shape index (κ2) is 10.1. The highest BCUT2D eigenvalue weighted by molar-refractivity contribution is 5.74. The van der Waals surface area contributed by atoms with Crippen LogP contribution >= 0.6 is 0 Å². The molecule has 2 aliphatic heterocycles. The minimum absolute atomic E-state index is 0.435. The van der Waals surface area contributed by atoms with Crippen molar-refractivity contribution in [3.8, 4) is 0 Å². The molecule has 0 amide bonds. The number of methoxy groups -OCH3 is 1. The van der Waals surface area contributed by atoms with Crippen molar-refractivity contribution in [3.63, 3.8) is 0 Å². The molecule has 0 saturated carbocycles. The Morgan fingerprint density at radius 2 is 1.93 bits per heavy atom. The van der Waals surface area contributed by atoms with Gasteiger partial charge in [0, 0.05) is 52.5 Å². The van der Waals surface area contributed by atoms with Gasteiger partial charge in [0.25, 0.3) is 0 Å². The van der Waals surface area contributed by atoms with E-state index in [1.165, 1.54) is 12.8 Å². The zero-order chi connectivity index (χ0) is 19.9. The van der Waals surface area contributed by atoms with E-state index in [1.807, 2.05) is 0 Å². The molecule has 4 heterocycles. The van der Waals surface area contributed by atoms with Crippen molar-refractivity contribution in [1.82, 2.24) is 25.2 Å². The third-order valence-electron chi connectivity index (χ3n) is 5.70. The summed E-state index contributed by atoms with van der Waals surface area (Å²) in [5.74, 6) is 1.61. The predicted molar refractivity (Wildman–Crippen MR) is 109 cm³/mol. The lowest BCUT2D eigenvalue weighted by atomic mass is 9.99. The maximum Gasteiger partial charge on any atom is 0.245 e. The molecular weight excluding hydrogens is 374 g/mol. The first kappa shape index (κ1) is 20.2. The average molecular weight is 406 g/mol. The Hall–Kier alpha value is -2.04. The number of hydrogen-bond donors (Lipinski definition) is 1. The molecule has 10 heteroatoms. The van der Waals surface area contributed by atoms with Gasteiger partial charge >= 0.3 is 0 Å². The second-order valence-electron chi connectivity index (χ2n) is 7.67. The molecule has 0 spiro atoms. The first-order valence-electron chi connectivity index (χ1n) is 10.6. The normalized spacial score (nSPS) is 21.0. The molecule has 4 rings (SSSR count). The van der Waals surface area contributed by atoms with Crippen LogP contribution in [0.5, 0.6) is 0 Å². The predicted octanol–water partition coefficient (Wildman–Crippen LogP) is 1.54. The first-order valence-corrected chi connectivity index (χ1v) is 10.6. The standard InChI is InChI=1S/C19H31N7O3/c1-27-12-4-7-20-18-19(22-17-16(21-18)23-29-24-17)26-8-3-2-5-15(26)6-9-25-10-13-28-14-11-25/h15H,2-14H2,1H3,(H,20,21,23)/t15-/m1/s1. The van der Waals surface area contributed by atoms with E-state index in [1.54, 1.807) is 7.11 Å². The van der Waals surface area contributed by atoms with Crippen molar-refractivity contribution in [2.75, 3.05) is 69.9 Å². The summed E-state index contributed by atoms with van der Waals surface area (Å²) < 4.78 is 15.5. The van der Waals surface area contributed by atoms with E-state index in [0.717, 1.165) is 76.8 Å². The molecule has 0 aromatic carbocycles. The molecule has 1 N–H and O–H groups in total. The van der Waals surface area contributed by atoms with Crippen molar-refractivity contribution in [2.24, 2.45) is 0 Å². The van der Waals surface area contributed by atoms with Gasteiger partial charge in [-0.2, -0.15) is 0 Å². The lowest BCUT2D eigenvalue weighted by Gasteiger charge is -2.38. The van der Waals surface area contributed by atoms with Crippen LogP contribution in [0, 0.1) is 0 Å². The minimum atomic E-state index is 0.435. The monoisotopic (exact) mass is 405 g/mol. The molecule has 2 aromatic heterocycles. The lowest BCUT2D eigenvalue weighted by Crippen LogP contribution is -2.44. The Morgan fingerprint density at radius 1 is 1.10 bits per heavy atom. The van der Waals surface area contributed by atoms with Gasteiger partial charge in [-0.15, -0.1) is 0 Å². The third kappa shape index (κ3) is 5.12. The van der Waals surface area contributed by atoms with Gasteiger partial charge in [-0.1, -0.05) is 0 Å². The molecule has 0 aliphatic carbocycles. The average Bonchev–Trinajstić information content (AvgIpc) is 3.23. The number of rotatable bonds is 9. The third-order valence-corrected chi connectivity index (χ3v) is 5.70. The summed E-state index contributed by atoms with van der Waals surface area (Å²) in [5.41, 5.74) is 0.893. The summed E-state index contributed by atoms with van der Waals surface area (Å²) in [5, 5.41) is 11.2. The topological polar surface area (TPSA) is 102 Å². The molecule has 0 bridgehead atoms. The number of morpholine rings is 1. The van der Waals surface area contributed by atoms with Crippen LogP contribution in [0.15, 0.2) is 4.63 Å². The number of ether oxygens (including phenoxy) is 2. The van der Waals surface area contributed by atoms with Crippen LogP contribution in [0.1, 0.15) is 32.1 Å². The van der Waals surface area contributed by atoms with Crippen LogP contribution in [-0.2, 0) is 9.47 Å².